The van der Waals surface area contributed by atoms with Crippen LogP contribution in [-0.2, 0) is 17.9 Å². The average molecular weight is 587 g/mol. The number of aliphatic hydroxyl groups excluding tert-OH is 3. The topological polar surface area (TPSA) is 144 Å². The van der Waals surface area contributed by atoms with E-state index in [4.69, 9.17) is 10.7 Å². The molecule has 8 nitrogen and oxygen atoms in total. The molecule has 9 heteroatoms. The third kappa shape index (κ3) is 7.75. The molecular formula is C34H37FN3O5-. The number of carboxylic acids is 1. The average Bonchev–Trinajstić information content (AvgIpc) is 3.32. The van der Waals surface area contributed by atoms with Gasteiger partial charge < -0.3 is 35.5 Å². The molecule has 0 spiro atoms. The Labute approximate surface area is 250 Å². The van der Waals surface area contributed by atoms with Crippen LogP contribution in [0.3, 0.4) is 0 Å². The van der Waals surface area contributed by atoms with Gasteiger partial charge in [-0.05, 0) is 71.8 Å². The summed E-state index contributed by atoms with van der Waals surface area (Å²) in [5.41, 5.74) is 12.9. The molecule has 0 radical (unpaired) electrons. The molecular weight excluding hydrogens is 549 g/mol. The summed E-state index contributed by atoms with van der Waals surface area (Å²) in [5.74, 6) is -1.55. The van der Waals surface area contributed by atoms with E-state index in [1.807, 2.05) is 44.2 Å². The highest BCUT2D eigenvalue weighted by molar-refractivity contribution is 6.09. The van der Waals surface area contributed by atoms with Crippen molar-refractivity contribution in [2.75, 3.05) is 0 Å². The van der Waals surface area contributed by atoms with Crippen molar-refractivity contribution in [3.05, 3.63) is 102 Å². The summed E-state index contributed by atoms with van der Waals surface area (Å²) in [6, 6.07) is 23.0. The normalized spacial score (nSPS) is 13.3. The zero-order chi connectivity index (χ0) is 31.1. The van der Waals surface area contributed by atoms with Crippen LogP contribution in [0.1, 0.15) is 55.8 Å². The Balaban J connectivity index is 1.93. The molecule has 0 aliphatic carbocycles. The summed E-state index contributed by atoms with van der Waals surface area (Å²) in [6.45, 7) is 4.27. The Morgan fingerprint density at radius 1 is 0.953 bits per heavy atom. The van der Waals surface area contributed by atoms with Crippen LogP contribution in [0, 0.1) is 5.82 Å². The lowest BCUT2D eigenvalue weighted by Crippen LogP contribution is -2.29. The molecule has 5 N–H and O–H groups in total. The number of halogens is 1. The van der Waals surface area contributed by atoms with Crippen molar-refractivity contribution in [3.8, 4) is 22.4 Å². The Morgan fingerprint density at radius 3 is 2.19 bits per heavy atom. The van der Waals surface area contributed by atoms with Crippen molar-refractivity contribution in [3.63, 3.8) is 0 Å². The van der Waals surface area contributed by atoms with Gasteiger partial charge in [-0.25, -0.2) is 9.38 Å². The van der Waals surface area contributed by atoms with Crippen molar-refractivity contribution < 1.29 is 29.6 Å². The summed E-state index contributed by atoms with van der Waals surface area (Å²) < 4.78 is 16.1. The van der Waals surface area contributed by atoms with Crippen LogP contribution < -0.4 is 10.8 Å². The minimum atomic E-state index is -1.39. The predicted molar refractivity (Wildman–Crippen MR) is 163 cm³/mol. The Hall–Kier alpha value is -4.31. The van der Waals surface area contributed by atoms with E-state index in [1.165, 1.54) is 12.1 Å². The van der Waals surface area contributed by atoms with Crippen LogP contribution in [0.25, 0.3) is 22.4 Å². The number of benzene rings is 3. The molecule has 0 aliphatic heterocycles. The largest absolute Gasteiger partial charge is 0.550 e. The number of carboxylic acid groups (broad SMARTS) is 1. The van der Waals surface area contributed by atoms with Gasteiger partial charge in [-0.15, -0.1) is 0 Å². The van der Waals surface area contributed by atoms with E-state index in [9.17, 15) is 29.6 Å². The Bertz CT molecular complexity index is 1550. The van der Waals surface area contributed by atoms with E-state index < -0.39 is 24.6 Å². The zero-order valence-electron chi connectivity index (χ0n) is 24.3. The lowest BCUT2D eigenvalue weighted by molar-refractivity contribution is -0.307. The second-order valence-corrected chi connectivity index (χ2v) is 10.9. The van der Waals surface area contributed by atoms with E-state index in [2.05, 4.69) is 4.57 Å². The fourth-order valence-corrected chi connectivity index (χ4v) is 5.38. The molecule has 43 heavy (non-hydrogen) atoms. The Kier molecular flexibility index (Phi) is 10.5. The van der Waals surface area contributed by atoms with Crippen molar-refractivity contribution in [1.82, 2.24) is 4.57 Å². The number of aliphatic hydroxyl groups is 3. The number of aliphatic imine (C=N–C) groups is 1. The first-order valence-corrected chi connectivity index (χ1v) is 14.3. The van der Waals surface area contributed by atoms with Crippen molar-refractivity contribution in [2.45, 2.75) is 64.4 Å². The smallest absolute Gasteiger partial charge is 0.133 e. The molecule has 4 rings (SSSR count). The molecule has 1 heterocycles. The number of carbonyl (C=O) groups excluding carboxylic acids is 1. The number of hydrogen-bond acceptors (Lipinski definition) is 6. The van der Waals surface area contributed by atoms with Gasteiger partial charge in [-0.2, -0.15) is 0 Å². The SMILES string of the molecule is CC(C)c1c(C(N)=Nc2ccc(CO)cc2)c(-c2ccccc2)c(-c2ccc(F)cc2)n1CC[C@@H](O)C[C@@H](O)CC(=O)[O-]. The van der Waals surface area contributed by atoms with Crippen molar-refractivity contribution in [1.29, 1.82) is 0 Å². The minimum absolute atomic E-state index is 0.0574. The van der Waals surface area contributed by atoms with Gasteiger partial charge in [0.15, 0.2) is 0 Å². The highest BCUT2D eigenvalue weighted by Crippen LogP contribution is 2.42. The zero-order valence-corrected chi connectivity index (χ0v) is 24.3. The Morgan fingerprint density at radius 2 is 1.60 bits per heavy atom. The molecule has 3 aromatic carbocycles. The lowest BCUT2D eigenvalue weighted by Gasteiger charge is -2.20. The first-order chi connectivity index (χ1) is 20.6. The maximum atomic E-state index is 14.1. The van der Waals surface area contributed by atoms with Crippen molar-refractivity contribution >= 4 is 17.5 Å². The van der Waals surface area contributed by atoms with Crippen LogP contribution >= 0.6 is 0 Å². The van der Waals surface area contributed by atoms with Gasteiger partial charge in [-0.1, -0.05) is 56.3 Å². The molecule has 0 amide bonds. The maximum absolute atomic E-state index is 14.1. The summed E-state index contributed by atoms with van der Waals surface area (Å²) in [5, 5.41) is 41.2. The minimum Gasteiger partial charge on any atom is -0.550 e. The van der Waals surface area contributed by atoms with E-state index >= 15 is 0 Å². The lowest BCUT2D eigenvalue weighted by atomic mass is 9.94. The fourth-order valence-electron chi connectivity index (χ4n) is 5.38. The quantitative estimate of drug-likeness (QED) is 0.136. The number of hydrogen-bond donors (Lipinski definition) is 4. The molecule has 226 valence electrons. The first kappa shape index (κ1) is 31.6. The number of rotatable bonds is 13. The highest BCUT2D eigenvalue weighted by atomic mass is 19.1. The molecule has 0 saturated carbocycles. The molecule has 0 aliphatic rings. The number of nitrogens with two attached hydrogens (primary N) is 1. The van der Waals surface area contributed by atoms with E-state index in [0.717, 1.165) is 33.6 Å². The monoisotopic (exact) mass is 586 g/mol. The molecule has 0 fully saturated rings. The second kappa shape index (κ2) is 14.2. The number of carbonyl (C=O) groups is 1. The van der Waals surface area contributed by atoms with Gasteiger partial charge in [0.25, 0.3) is 0 Å². The van der Waals surface area contributed by atoms with Crippen LogP contribution in [-0.4, -0.2) is 43.9 Å². The number of amidine groups is 1. The summed E-state index contributed by atoms with van der Waals surface area (Å²) in [7, 11) is 0. The van der Waals surface area contributed by atoms with Gasteiger partial charge >= 0.3 is 0 Å². The van der Waals surface area contributed by atoms with Crippen molar-refractivity contribution in [2.24, 2.45) is 10.7 Å². The van der Waals surface area contributed by atoms with Gasteiger partial charge in [0.1, 0.15) is 11.7 Å². The molecule has 0 bridgehead atoms. The number of nitrogens with zero attached hydrogens (tertiary/aromatic N) is 2. The molecule has 2 atom stereocenters. The van der Waals surface area contributed by atoms with E-state index in [0.29, 0.717) is 17.8 Å². The standard InChI is InChI=1S/C34H38FN3O5/c1-21(2)32-31(34(36)37-26-14-8-22(20-39)9-15-26)30(23-6-4-3-5-7-23)33(24-10-12-25(35)13-11-24)38(32)17-16-27(40)18-28(41)19-29(42)43/h3-15,21,27-28,39-41H,16-20H2,1-2H3,(H2,36,37)(H,42,43)/p-1/t27-,28-/m1/s1. The fraction of sp³-hybridized carbons (Fsp3) is 0.294. The van der Waals surface area contributed by atoms with Crippen LogP contribution in [0.15, 0.2) is 83.9 Å². The molecule has 0 saturated heterocycles. The van der Waals surface area contributed by atoms with Crippen LogP contribution in [0.4, 0.5) is 10.1 Å². The number of aromatic nitrogens is 1. The molecule has 1 aromatic heterocycles. The summed E-state index contributed by atoms with van der Waals surface area (Å²) in [6.07, 6.45) is -2.70. The highest BCUT2D eigenvalue weighted by Gasteiger charge is 2.29. The first-order valence-electron chi connectivity index (χ1n) is 14.3. The second-order valence-electron chi connectivity index (χ2n) is 10.9. The molecule has 0 unspecified atom stereocenters. The summed E-state index contributed by atoms with van der Waals surface area (Å²) in [4.78, 5) is 15.7. The maximum Gasteiger partial charge on any atom is 0.133 e. The predicted octanol–water partition coefficient (Wildman–Crippen LogP) is 4.26. The van der Waals surface area contributed by atoms with Gasteiger partial charge in [0.2, 0.25) is 0 Å². The third-order valence-electron chi connectivity index (χ3n) is 7.29. The van der Waals surface area contributed by atoms with Crippen LogP contribution in [0.2, 0.25) is 0 Å². The van der Waals surface area contributed by atoms with Gasteiger partial charge in [0.05, 0.1) is 30.2 Å². The van der Waals surface area contributed by atoms with Gasteiger partial charge in [0, 0.05) is 35.8 Å². The van der Waals surface area contributed by atoms with Crippen LogP contribution in [0.5, 0.6) is 0 Å². The number of aliphatic carboxylic acids is 1. The van der Waals surface area contributed by atoms with Gasteiger partial charge in [-0.3, -0.25) is 0 Å². The van der Waals surface area contributed by atoms with E-state index in [-0.39, 0.29) is 37.0 Å². The summed E-state index contributed by atoms with van der Waals surface area (Å²) >= 11 is 0. The third-order valence-corrected chi connectivity index (χ3v) is 7.29. The molecule has 4 aromatic rings. The van der Waals surface area contributed by atoms with E-state index in [1.54, 1.807) is 36.4 Å².